The predicted octanol–water partition coefficient (Wildman–Crippen LogP) is 4.97. The normalized spacial score (nSPS) is 12.4. The van der Waals surface area contributed by atoms with Crippen LogP contribution in [0.5, 0.6) is 0 Å². The Balaban J connectivity index is 2.13. The molecule has 0 unspecified atom stereocenters. The molecule has 3 aromatic rings. The van der Waals surface area contributed by atoms with E-state index in [-0.39, 0.29) is 0 Å². The lowest BCUT2D eigenvalue weighted by molar-refractivity contribution is 0.830. The lowest BCUT2D eigenvalue weighted by atomic mass is 10.1. The second kappa shape index (κ2) is 7.90. The molecule has 0 amide bonds. The highest BCUT2D eigenvalue weighted by atomic mass is 32.1. The van der Waals surface area contributed by atoms with Gasteiger partial charge in [0.15, 0.2) is 0 Å². The molecule has 1 heterocycles. The summed E-state index contributed by atoms with van der Waals surface area (Å²) < 4.78 is 1.94. The predicted molar refractivity (Wildman–Crippen MR) is 107 cm³/mol. The maximum atomic E-state index is 4.86. The van der Waals surface area contributed by atoms with Gasteiger partial charge in [-0.2, -0.15) is 5.10 Å². The standard InChI is InChI=1S/C21H21N3S/c1-16(2)14-22-21-24(23-17(3)18-10-6-4-7-11-18)20(15-25-21)19-12-8-5-9-13-19/h4-13,15H,1,14H2,2-3H3. The molecule has 0 saturated heterocycles. The summed E-state index contributed by atoms with van der Waals surface area (Å²) in [5.41, 5.74) is 5.26. The van der Waals surface area contributed by atoms with E-state index in [9.17, 15) is 0 Å². The minimum atomic E-state index is 0.606. The molecule has 0 aliphatic carbocycles. The van der Waals surface area contributed by atoms with Crippen LogP contribution in [0, 0.1) is 0 Å². The number of benzene rings is 2. The fourth-order valence-corrected chi connectivity index (χ4v) is 3.23. The van der Waals surface area contributed by atoms with Crippen LogP contribution in [-0.4, -0.2) is 16.9 Å². The average Bonchev–Trinajstić information content (AvgIpc) is 3.04. The third-order valence-electron chi connectivity index (χ3n) is 3.68. The van der Waals surface area contributed by atoms with E-state index in [0.717, 1.165) is 32.9 Å². The molecule has 0 radical (unpaired) electrons. The van der Waals surface area contributed by atoms with Gasteiger partial charge in [0.2, 0.25) is 4.80 Å². The molecule has 126 valence electrons. The van der Waals surface area contributed by atoms with Gasteiger partial charge < -0.3 is 0 Å². The van der Waals surface area contributed by atoms with Gasteiger partial charge in [0.05, 0.1) is 18.0 Å². The first kappa shape index (κ1) is 17.1. The van der Waals surface area contributed by atoms with Crippen LogP contribution in [0.15, 0.2) is 88.3 Å². The summed E-state index contributed by atoms with van der Waals surface area (Å²) in [7, 11) is 0. The molecule has 0 aliphatic rings. The van der Waals surface area contributed by atoms with Gasteiger partial charge in [0, 0.05) is 10.9 Å². The molecule has 4 heteroatoms. The molecule has 0 spiro atoms. The van der Waals surface area contributed by atoms with Gasteiger partial charge in [-0.05, 0) is 19.4 Å². The van der Waals surface area contributed by atoms with Gasteiger partial charge in [0.25, 0.3) is 0 Å². The van der Waals surface area contributed by atoms with E-state index >= 15 is 0 Å². The number of nitrogens with zero attached hydrogens (tertiary/aromatic N) is 3. The van der Waals surface area contributed by atoms with Crippen molar-refractivity contribution in [2.45, 2.75) is 13.8 Å². The van der Waals surface area contributed by atoms with Crippen molar-refractivity contribution in [1.29, 1.82) is 0 Å². The molecule has 0 atom stereocenters. The fourth-order valence-electron chi connectivity index (χ4n) is 2.40. The Morgan fingerprint density at radius 3 is 2.28 bits per heavy atom. The van der Waals surface area contributed by atoms with Crippen molar-refractivity contribution in [3.05, 3.63) is 88.6 Å². The molecule has 0 saturated carbocycles. The third-order valence-corrected chi connectivity index (χ3v) is 4.53. The monoisotopic (exact) mass is 347 g/mol. The number of thiazole rings is 1. The number of hydrogen-bond acceptors (Lipinski definition) is 3. The molecule has 0 aliphatic heterocycles. The van der Waals surface area contributed by atoms with Crippen molar-refractivity contribution < 1.29 is 0 Å². The van der Waals surface area contributed by atoms with Crippen LogP contribution in [0.1, 0.15) is 19.4 Å². The van der Waals surface area contributed by atoms with Gasteiger partial charge >= 0.3 is 0 Å². The van der Waals surface area contributed by atoms with Gasteiger partial charge in [0.1, 0.15) is 0 Å². The van der Waals surface area contributed by atoms with Crippen LogP contribution < -0.4 is 4.80 Å². The van der Waals surface area contributed by atoms with E-state index in [1.807, 2.05) is 54.9 Å². The lowest BCUT2D eigenvalue weighted by Gasteiger charge is -2.06. The highest BCUT2D eigenvalue weighted by Crippen LogP contribution is 2.20. The lowest BCUT2D eigenvalue weighted by Crippen LogP contribution is -2.14. The summed E-state index contributed by atoms with van der Waals surface area (Å²) >= 11 is 1.60. The van der Waals surface area contributed by atoms with E-state index in [2.05, 4.69) is 41.2 Å². The summed E-state index contributed by atoms with van der Waals surface area (Å²) in [5.74, 6) is 0. The second-order valence-electron chi connectivity index (χ2n) is 5.91. The largest absolute Gasteiger partial charge is 0.253 e. The van der Waals surface area contributed by atoms with E-state index in [4.69, 9.17) is 5.10 Å². The molecular weight excluding hydrogens is 326 g/mol. The molecule has 0 N–H and O–H groups in total. The summed E-state index contributed by atoms with van der Waals surface area (Å²) in [5, 5.41) is 6.97. The zero-order valence-electron chi connectivity index (χ0n) is 14.5. The van der Waals surface area contributed by atoms with Gasteiger partial charge in [-0.25, -0.2) is 4.68 Å². The van der Waals surface area contributed by atoms with Crippen LogP contribution >= 0.6 is 11.3 Å². The minimum Gasteiger partial charge on any atom is -0.253 e. The van der Waals surface area contributed by atoms with E-state index in [1.54, 1.807) is 11.3 Å². The van der Waals surface area contributed by atoms with Gasteiger partial charge in [-0.15, -0.1) is 11.3 Å². The Labute approximate surface area is 152 Å². The Morgan fingerprint density at radius 1 is 1.00 bits per heavy atom. The minimum absolute atomic E-state index is 0.606. The Morgan fingerprint density at radius 2 is 1.64 bits per heavy atom. The molecule has 1 aromatic heterocycles. The Hall–Kier alpha value is -2.72. The Bertz CT molecular complexity index is 948. The number of hydrogen-bond donors (Lipinski definition) is 0. The first-order valence-corrected chi connectivity index (χ1v) is 9.05. The maximum absolute atomic E-state index is 4.86. The van der Waals surface area contributed by atoms with Crippen molar-refractivity contribution in [3.63, 3.8) is 0 Å². The summed E-state index contributed by atoms with van der Waals surface area (Å²) in [6.07, 6.45) is 0. The van der Waals surface area contributed by atoms with E-state index in [0.29, 0.717) is 6.54 Å². The molecule has 2 aromatic carbocycles. The average molecular weight is 347 g/mol. The highest BCUT2D eigenvalue weighted by molar-refractivity contribution is 7.07. The van der Waals surface area contributed by atoms with Crippen LogP contribution in [0.2, 0.25) is 0 Å². The molecular formula is C21H21N3S. The third kappa shape index (κ3) is 4.22. The van der Waals surface area contributed by atoms with Crippen LogP contribution in [0.4, 0.5) is 0 Å². The van der Waals surface area contributed by atoms with Crippen LogP contribution in [-0.2, 0) is 0 Å². The summed E-state index contributed by atoms with van der Waals surface area (Å²) in [4.78, 5) is 5.55. The van der Waals surface area contributed by atoms with Crippen molar-refractivity contribution in [2.24, 2.45) is 10.1 Å². The SMILES string of the molecule is C=C(C)CN=c1scc(-c2ccccc2)n1N=C(C)c1ccccc1. The smallest absolute Gasteiger partial charge is 0.206 e. The molecule has 0 bridgehead atoms. The van der Waals surface area contributed by atoms with Crippen molar-refractivity contribution in [3.8, 4) is 11.3 Å². The second-order valence-corrected chi connectivity index (χ2v) is 6.74. The van der Waals surface area contributed by atoms with Crippen LogP contribution in [0.3, 0.4) is 0 Å². The molecule has 3 nitrogen and oxygen atoms in total. The van der Waals surface area contributed by atoms with Crippen molar-refractivity contribution in [1.82, 2.24) is 4.68 Å². The summed E-state index contributed by atoms with van der Waals surface area (Å²) in [6.45, 7) is 8.55. The maximum Gasteiger partial charge on any atom is 0.206 e. The first-order valence-electron chi connectivity index (χ1n) is 8.17. The van der Waals surface area contributed by atoms with E-state index in [1.165, 1.54) is 0 Å². The fraction of sp³-hybridized carbons (Fsp3) is 0.143. The first-order chi connectivity index (χ1) is 12.1. The number of rotatable bonds is 5. The zero-order chi connectivity index (χ0) is 17.6. The number of aromatic nitrogens is 1. The van der Waals surface area contributed by atoms with E-state index < -0.39 is 0 Å². The van der Waals surface area contributed by atoms with Gasteiger partial charge in [-0.3, -0.25) is 4.99 Å². The summed E-state index contributed by atoms with van der Waals surface area (Å²) in [6, 6.07) is 20.5. The van der Waals surface area contributed by atoms with Crippen LogP contribution in [0.25, 0.3) is 11.3 Å². The van der Waals surface area contributed by atoms with Gasteiger partial charge in [-0.1, -0.05) is 72.8 Å². The molecule has 0 fully saturated rings. The molecule has 3 rings (SSSR count). The Kier molecular flexibility index (Phi) is 5.41. The zero-order valence-corrected chi connectivity index (χ0v) is 15.3. The van der Waals surface area contributed by atoms with Crippen molar-refractivity contribution in [2.75, 3.05) is 6.54 Å². The molecule has 25 heavy (non-hydrogen) atoms. The quantitative estimate of drug-likeness (QED) is 0.461. The topological polar surface area (TPSA) is 29.6 Å². The highest BCUT2D eigenvalue weighted by Gasteiger charge is 2.08. The van der Waals surface area contributed by atoms with Crippen molar-refractivity contribution >= 4 is 17.0 Å².